The number of hydrogen-bond acceptors (Lipinski definition) is 4. The van der Waals surface area contributed by atoms with Crippen molar-refractivity contribution in [2.75, 3.05) is 0 Å². The minimum Gasteiger partial charge on any atom is -0.406 e. The number of nitrogens with one attached hydrogen (secondary N) is 1. The molecule has 13 heteroatoms. The molecule has 5 nitrogen and oxygen atoms in total. The van der Waals surface area contributed by atoms with E-state index in [1.165, 1.54) is 43.3 Å². The van der Waals surface area contributed by atoms with Gasteiger partial charge in [-0.15, -0.1) is 13.2 Å². The molecule has 202 valence electrons. The molecule has 0 aliphatic rings. The first kappa shape index (κ1) is 28.7. The maximum atomic E-state index is 14.4. The van der Waals surface area contributed by atoms with Crippen molar-refractivity contribution >= 4 is 21.3 Å². The zero-order valence-electron chi connectivity index (χ0n) is 19.3. The zero-order chi connectivity index (χ0) is 28.5. The molecule has 0 fully saturated rings. The third-order valence-corrected chi connectivity index (χ3v) is 7.12. The van der Waals surface area contributed by atoms with Crippen LogP contribution in [0.15, 0.2) is 83.1 Å². The van der Waals surface area contributed by atoms with Crippen molar-refractivity contribution in [3.05, 3.63) is 95.8 Å². The van der Waals surface area contributed by atoms with E-state index in [0.717, 1.165) is 24.3 Å². The van der Waals surface area contributed by atoms with Gasteiger partial charge in [-0.05, 0) is 47.9 Å². The van der Waals surface area contributed by atoms with Crippen LogP contribution < -0.4 is 10.1 Å². The molecule has 0 spiro atoms. The topological polar surface area (TPSA) is 72.5 Å². The quantitative estimate of drug-likeness (QED) is 0.341. The number of hydrogen-bond donors (Lipinski definition) is 1. The summed E-state index contributed by atoms with van der Waals surface area (Å²) in [4.78, 5) is 9.67. The number of benzene rings is 3. The maximum Gasteiger partial charge on any atom is 0.573 e. The Bertz CT molecular complexity index is 1460. The van der Waals surface area contributed by atoms with Gasteiger partial charge in [-0.3, -0.25) is 4.79 Å². The normalized spacial score (nSPS) is 13.1. The van der Waals surface area contributed by atoms with Gasteiger partial charge in [0.15, 0.2) is 0 Å². The highest BCUT2D eigenvalue weighted by molar-refractivity contribution is 7.91. The number of alkyl halides is 6. The van der Waals surface area contributed by atoms with Gasteiger partial charge in [0.25, 0.3) is 0 Å². The summed E-state index contributed by atoms with van der Waals surface area (Å²) in [6, 6.07) is 11.2. The molecular formula is C25H18F7NO4S. The fourth-order valence-electron chi connectivity index (χ4n) is 3.44. The number of halogens is 7. The van der Waals surface area contributed by atoms with Crippen molar-refractivity contribution in [2.45, 2.75) is 35.3 Å². The lowest BCUT2D eigenvalue weighted by Gasteiger charge is -2.18. The third-order valence-electron chi connectivity index (χ3n) is 5.29. The van der Waals surface area contributed by atoms with E-state index < -0.39 is 55.7 Å². The van der Waals surface area contributed by atoms with Crippen molar-refractivity contribution in [3.8, 4) is 5.75 Å². The van der Waals surface area contributed by atoms with Crippen molar-refractivity contribution in [1.82, 2.24) is 5.32 Å². The van der Waals surface area contributed by atoms with Crippen LogP contribution in [0.3, 0.4) is 0 Å². The summed E-state index contributed by atoms with van der Waals surface area (Å²) in [5, 5.41) is 1.79. The monoisotopic (exact) mass is 561 g/mol. The van der Waals surface area contributed by atoms with Crippen LogP contribution in [0.4, 0.5) is 30.7 Å². The van der Waals surface area contributed by atoms with Gasteiger partial charge in [0.05, 0.1) is 10.9 Å². The molecule has 0 saturated carbocycles. The predicted molar refractivity (Wildman–Crippen MR) is 122 cm³/mol. The van der Waals surface area contributed by atoms with E-state index in [1.54, 1.807) is 5.32 Å². The van der Waals surface area contributed by atoms with Gasteiger partial charge in [0, 0.05) is 11.6 Å². The Morgan fingerprint density at radius 1 is 0.921 bits per heavy atom. The van der Waals surface area contributed by atoms with Crippen LogP contribution in [0.25, 0.3) is 5.57 Å². The first-order valence-electron chi connectivity index (χ1n) is 10.6. The summed E-state index contributed by atoms with van der Waals surface area (Å²) in [6.45, 7) is 5.12. The van der Waals surface area contributed by atoms with Crippen LogP contribution in [0.5, 0.6) is 5.75 Å². The van der Waals surface area contributed by atoms with Gasteiger partial charge in [-0.1, -0.05) is 43.0 Å². The van der Waals surface area contributed by atoms with Crippen LogP contribution >= 0.6 is 0 Å². The number of sulfone groups is 1. The SMILES string of the molecule is C=C(c1ccc(C(C)NC(=O)C(F)(F)F)cc1)c1ccc(OC(F)(F)F)cc1S(=O)(=O)c1ccccc1F. The minimum absolute atomic E-state index is 0.00277. The summed E-state index contributed by atoms with van der Waals surface area (Å²) < 4.78 is 121. The number of carbonyl (C=O) groups excluding carboxylic acids is 1. The molecule has 0 heterocycles. The standard InChI is InChI=1S/C25H18F7NO4S/c1-14(16-7-9-17(10-8-16)15(2)33-23(34)24(27,28)29)19-12-11-18(37-25(30,31)32)13-22(19)38(35,36)21-6-4-3-5-20(21)26/h3-13,15H,1H2,2H3,(H,33,34). The van der Waals surface area contributed by atoms with E-state index >= 15 is 0 Å². The fraction of sp³-hybridized carbons (Fsp3) is 0.160. The van der Waals surface area contributed by atoms with E-state index in [9.17, 15) is 43.9 Å². The van der Waals surface area contributed by atoms with E-state index in [4.69, 9.17) is 0 Å². The number of carbonyl (C=O) groups is 1. The smallest absolute Gasteiger partial charge is 0.406 e. The van der Waals surface area contributed by atoms with Crippen molar-refractivity contribution < 1.29 is 48.7 Å². The zero-order valence-corrected chi connectivity index (χ0v) is 20.1. The summed E-state index contributed by atoms with van der Waals surface area (Å²) in [7, 11) is -4.72. The molecule has 0 aromatic heterocycles. The Labute approximate surface area is 212 Å². The molecule has 38 heavy (non-hydrogen) atoms. The molecule has 3 rings (SSSR count). The second kappa shape index (κ2) is 10.5. The van der Waals surface area contributed by atoms with Gasteiger partial charge in [0.2, 0.25) is 9.84 Å². The van der Waals surface area contributed by atoms with Crippen molar-refractivity contribution in [2.24, 2.45) is 0 Å². The van der Waals surface area contributed by atoms with Crippen molar-refractivity contribution in [1.29, 1.82) is 0 Å². The highest BCUT2D eigenvalue weighted by Gasteiger charge is 2.39. The van der Waals surface area contributed by atoms with Crippen LogP contribution in [0.1, 0.15) is 29.7 Å². The lowest BCUT2D eigenvalue weighted by molar-refractivity contribution is -0.274. The lowest BCUT2D eigenvalue weighted by Crippen LogP contribution is -2.38. The average Bonchev–Trinajstić information content (AvgIpc) is 2.82. The van der Waals surface area contributed by atoms with Crippen LogP contribution in [0.2, 0.25) is 0 Å². The van der Waals surface area contributed by atoms with Crippen molar-refractivity contribution in [3.63, 3.8) is 0 Å². The van der Waals surface area contributed by atoms with Gasteiger partial charge >= 0.3 is 18.4 Å². The summed E-state index contributed by atoms with van der Waals surface area (Å²) in [5.74, 6) is -4.14. The first-order valence-corrected chi connectivity index (χ1v) is 12.1. The fourth-order valence-corrected chi connectivity index (χ4v) is 5.01. The van der Waals surface area contributed by atoms with E-state index in [-0.39, 0.29) is 22.3 Å². The van der Waals surface area contributed by atoms with Crippen LogP contribution in [0, 0.1) is 5.82 Å². The Morgan fingerprint density at radius 3 is 2.08 bits per heavy atom. The molecular weight excluding hydrogens is 543 g/mol. The Morgan fingerprint density at radius 2 is 1.53 bits per heavy atom. The third kappa shape index (κ3) is 6.52. The molecule has 0 radical (unpaired) electrons. The van der Waals surface area contributed by atoms with Crippen LogP contribution in [-0.2, 0) is 14.6 Å². The van der Waals surface area contributed by atoms with E-state index in [0.29, 0.717) is 6.07 Å². The molecule has 0 aliphatic carbocycles. The summed E-state index contributed by atoms with van der Waals surface area (Å²) in [6.07, 6.45) is -10.2. The number of ether oxygens (including phenoxy) is 1. The molecule has 1 unspecified atom stereocenters. The van der Waals surface area contributed by atoms with Gasteiger partial charge in [0.1, 0.15) is 16.5 Å². The molecule has 1 amide bonds. The molecule has 3 aromatic rings. The van der Waals surface area contributed by atoms with Gasteiger partial charge in [-0.25, -0.2) is 12.8 Å². The molecule has 0 aliphatic heterocycles. The summed E-state index contributed by atoms with van der Waals surface area (Å²) in [5.41, 5.74) is 0.343. The minimum atomic E-state index is -5.13. The highest BCUT2D eigenvalue weighted by atomic mass is 32.2. The number of amides is 1. The van der Waals surface area contributed by atoms with Gasteiger partial charge < -0.3 is 10.1 Å². The van der Waals surface area contributed by atoms with E-state index in [1.807, 2.05) is 0 Å². The molecule has 0 saturated heterocycles. The molecule has 3 aromatic carbocycles. The van der Waals surface area contributed by atoms with E-state index in [2.05, 4.69) is 11.3 Å². The Hall–Kier alpha value is -3.87. The predicted octanol–water partition coefficient (Wildman–Crippen LogP) is 6.36. The maximum absolute atomic E-state index is 14.4. The Kier molecular flexibility index (Phi) is 7.91. The number of rotatable bonds is 7. The van der Waals surface area contributed by atoms with Crippen LogP contribution in [-0.4, -0.2) is 26.9 Å². The second-order valence-corrected chi connectivity index (χ2v) is 9.82. The highest BCUT2D eigenvalue weighted by Crippen LogP contribution is 2.36. The Balaban J connectivity index is 2.03. The second-order valence-electron chi connectivity index (χ2n) is 7.93. The average molecular weight is 561 g/mol. The molecule has 0 bridgehead atoms. The van der Waals surface area contributed by atoms with Gasteiger partial charge in [-0.2, -0.15) is 13.2 Å². The molecule has 1 atom stereocenters. The molecule has 1 N–H and O–H groups in total. The summed E-state index contributed by atoms with van der Waals surface area (Å²) >= 11 is 0. The lowest BCUT2D eigenvalue weighted by atomic mass is 9.97. The largest absolute Gasteiger partial charge is 0.573 e. The first-order chi connectivity index (χ1) is 17.5.